The minimum Gasteiger partial charge on any atom is -0.330 e. The fourth-order valence-corrected chi connectivity index (χ4v) is 0.731. The Bertz CT molecular complexity index is 180. The maximum absolute atomic E-state index is 11.6. The highest BCUT2D eigenvalue weighted by Gasteiger charge is 2.28. The van der Waals surface area contributed by atoms with E-state index in [1.54, 1.807) is 12.4 Å². The quantitative estimate of drug-likeness (QED) is 0.658. The van der Waals surface area contributed by atoms with E-state index < -0.39 is 24.6 Å². The van der Waals surface area contributed by atoms with E-state index >= 15 is 0 Å². The SMILES string of the molecule is CCC(CN)C(=O)NOCC(F)(F)F. The number of nitrogens with one attached hydrogen (secondary N) is 1. The van der Waals surface area contributed by atoms with E-state index in [0.717, 1.165) is 0 Å². The van der Waals surface area contributed by atoms with Gasteiger partial charge in [0.25, 0.3) is 0 Å². The number of alkyl halides is 3. The Morgan fingerprint density at radius 3 is 2.50 bits per heavy atom. The molecule has 1 amide bonds. The van der Waals surface area contributed by atoms with Crippen molar-refractivity contribution in [1.82, 2.24) is 5.48 Å². The van der Waals surface area contributed by atoms with E-state index in [2.05, 4.69) is 4.84 Å². The fraction of sp³-hybridized carbons (Fsp3) is 0.857. The largest absolute Gasteiger partial charge is 0.414 e. The van der Waals surface area contributed by atoms with Gasteiger partial charge < -0.3 is 5.73 Å². The van der Waals surface area contributed by atoms with Crippen LogP contribution in [0.2, 0.25) is 0 Å². The van der Waals surface area contributed by atoms with Crippen LogP contribution in [0.1, 0.15) is 13.3 Å². The smallest absolute Gasteiger partial charge is 0.330 e. The number of carbonyl (C=O) groups excluding carboxylic acids is 1. The summed E-state index contributed by atoms with van der Waals surface area (Å²) in [7, 11) is 0. The van der Waals surface area contributed by atoms with Gasteiger partial charge in [-0.15, -0.1) is 0 Å². The van der Waals surface area contributed by atoms with Crippen molar-refractivity contribution < 1.29 is 22.8 Å². The summed E-state index contributed by atoms with van der Waals surface area (Å²) in [5, 5.41) is 0. The van der Waals surface area contributed by atoms with Crippen LogP contribution in [0.25, 0.3) is 0 Å². The number of halogens is 3. The van der Waals surface area contributed by atoms with Crippen LogP contribution in [0.3, 0.4) is 0 Å². The van der Waals surface area contributed by atoms with E-state index in [1.165, 1.54) is 0 Å². The number of nitrogens with two attached hydrogens (primary N) is 1. The van der Waals surface area contributed by atoms with Gasteiger partial charge in [-0.25, -0.2) is 5.48 Å². The van der Waals surface area contributed by atoms with Crippen molar-refractivity contribution in [2.75, 3.05) is 13.2 Å². The highest BCUT2D eigenvalue weighted by Crippen LogP contribution is 2.13. The molecule has 14 heavy (non-hydrogen) atoms. The predicted molar refractivity (Wildman–Crippen MR) is 43.0 cm³/mol. The lowest BCUT2D eigenvalue weighted by Crippen LogP contribution is -2.36. The molecule has 0 saturated heterocycles. The van der Waals surface area contributed by atoms with Crippen molar-refractivity contribution in [3.63, 3.8) is 0 Å². The second-order valence-corrected chi connectivity index (χ2v) is 2.71. The van der Waals surface area contributed by atoms with Crippen LogP contribution in [0, 0.1) is 5.92 Å². The van der Waals surface area contributed by atoms with Gasteiger partial charge in [0.1, 0.15) is 0 Å². The normalized spacial score (nSPS) is 13.8. The number of hydrogen-bond acceptors (Lipinski definition) is 3. The zero-order valence-electron chi connectivity index (χ0n) is 7.73. The summed E-state index contributed by atoms with van der Waals surface area (Å²) in [6.45, 7) is 0.290. The highest BCUT2D eigenvalue weighted by molar-refractivity contribution is 5.77. The van der Waals surface area contributed by atoms with Gasteiger partial charge in [0.15, 0.2) is 6.61 Å². The molecule has 0 spiro atoms. The summed E-state index contributed by atoms with van der Waals surface area (Å²) in [6.07, 6.45) is -3.99. The minimum atomic E-state index is -4.45. The van der Waals surface area contributed by atoms with Gasteiger partial charge in [-0.05, 0) is 6.42 Å². The Morgan fingerprint density at radius 2 is 2.14 bits per heavy atom. The third-order valence-corrected chi connectivity index (χ3v) is 1.56. The third-order valence-electron chi connectivity index (χ3n) is 1.56. The molecule has 0 aliphatic rings. The lowest BCUT2D eigenvalue weighted by molar-refractivity contribution is -0.192. The average molecular weight is 214 g/mol. The molecule has 0 radical (unpaired) electrons. The number of amides is 1. The van der Waals surface area contributed by atoms with Crippen LogP contribution in [0.4, 0.5) is 13.2 Å². The molecule has 0 rings (SSSR count). The van der Waals surface area contributed by atoms with Gasteiger partial charge >= 0.3 is 6.18 Å². The first-order valence-electron chi connectivity index (χ1n) is 4.09. The van der Waals surface area contributed by atoms with Crippen molar-refractivity contribution in [3.05, 3.63) is 0 Å². The second kappa shape index (κ2) is 5.82. The van der Waals surface area contributed by atoms with Crippen molar-refractivity contribution in [2.24, 2.45) is 11.7 Å². The summed E-state index contributed by atoms with van der Waals surface area (Å²) in [5.74, 6) is -1.14. The van der Waals surface area contributed by atoms with Crippen LogP contribution >= 0.6 is 0 Å². The number of hydrogen-bond donors (Lipinski definition) is 2. The van der Waals surface area contributed by atoms with E-state index in [-0.39, 0.29) is 6.54 Å². The van der Waals surface area contributed by atoms with E-state index in [1.807, 2.05) is 0 Å². The molecule has 0 aliphatic carbocycles. The van der Waals surface area contributed by atoms with Crippen molar-refractivity contribution in [3.8, 4) is 0 Å². The minimum absolute atomic E-state index is 0.0811. The average Bonchev–Trinajstić information content (AvgIpc) is 2.04. The topological polar surface area (TPSA) is 64.4 Å². The molecular weight excluding hydrogens is 201 g/mol. The van der Waals surface area contributed by atoms with Gasteiger partial charge in [0.2, 0.25) is 5.91 Å². The first-order valence-corrected chi connectivity index (χ1v) is 4.09. The highest BCUT2D eigenvalue weighted by atomic mass is 19.4. The van der Waals surface area contributed by atoms with Crippen molar-refractivity contribution in [1.29, 1.82) is 0 Å². The summed E-state index contributed by atoms with van der Waals surface area (Å²) in [4.78, 5) is 15.0. The monoisotopic (exact) mass is 214 g/mol. The van der Waals surface area contributed by atoms with E-state index in [4.69, 9.17) is 5.73 Å². The van der Waals surface area contributed by atoms with Crippen molar-refractivity contribution in [2.45, 2.75) is 19.5 Å². The second-order valence-electron chi connectivity index (χ2n) is 2.71. The molecule has 0 bridgehead atoms. The molecule has 0 aliphatic heterocycles. The summed E-state index contributed by atoms with van der Waals surface area (Å²) < 4.78 is 34.7. The maximum atomic E-state index is 11.6. The Kier molecular flexibility index (Phi) is 5.47. The molecule has 4 nitrogen and oxygen atoms in total. The van der Waals surface area contributed by atoms with Gasteiger partial charge in [-0.1, -0.05) is 6.92 Å². The van der Waals surface area contributed by atoms with Gasteiger partial charge in [0.05, 0.1) is 5.92 Å². The zero-order chi connectivity index (χ0) is 11.2. The maximum Gasteiger partial charge on any atom is 0.414 e. The molecule has 0 heterocycles. The first kappa shape index (κ1) is 13.2. The Hall–Kier alpha value is -0.820. The molecule has 0 aromatic heterocycles. The van der Waals surface area contributed by atoms with E-state index in [0.29, 0.717) is 6.42 Å². The van der Waals surface area contributed by atoms with Crippen molar-refractivity contribution >= 4 is 5.91 Å². The first-order chi connectivity index (χ1) is 6.40. The zero-order valence-corrected chi connectivity index (χ0v) is 7.73. The van der Waals surface area contributed by atoms with Gasteiger partial charge in [-0.2, -0.15) is 13.2 Å². The summed E-state index contributed by atoms with van der Waals surface area (Å²) >= 11 is 0. The van der Waals surface area contributed by atoms with Crippen LogP contribution in [0.15, 0.2) is 0 Å². The lowest BCUT2D eigenvalue weighted by atomic mass is 10.1. The Balaban J connectivity index is 3.74. The molecule has 0 aromatic rings. The van der Waals surface area contributed by atoms with Crippen LogP contribution < -0.4 is 11.2 Å². The molecule has 0 saturated carbocycles. The standard InChI is InChI=1S/C7H13F3N2O2/c1-2-5(3-11)6(13)12-14-4-7(8,9)10/h5H,2-4,11H2,1H3,(H,12,13). The Morgan fingerprint density at radius 1 is 1.57 bits per heavy atom. The predicted octanol–water partition coefficient (Wildman–Crippen LogP) is 0.581. The molecule has 0 aromatic carbocycles. The number of hydroxylamine groups is 1. The van der Waals surface area contributed by atoms with E-state index in [9.17, 15) is 18.0 Å². The fourth-order valence-electron chi connectivity index (χ4n) is 0.731. The number of carbonyl (C=O) groups is 1. The Labute approximate surface area is 79.5 Å². The lowest BCUT2D eigenvalue weighted by Gasteiger charge is -2.13. The molecule has 1 unspecified atom stereocenters. The number of rotatable bonds is 5. The molecule has 7 heteroatoms. The van der Waals surface area contributed by atoms with Gasteiger partial charge in [-0.3, -0.25) is 9.63 Å². The van der Waals surface area contributed by atoms with Crippen LogP contribution in [0.5, 0.6) is 0 Å². The third kappa shape index (κ3) is 5.76. The van der Waals surface area contributed by atoms with Crippen LogP contribution in [-0.2, 0) is 9.63 Å². The molecule has 0 fully saturated rings. The molecule has 84 valence electrons. The molecule has 3 N–H and O–H groups in total. The molecule has 1 atom stereocenters. The van der Waals surface area contributed by atoms with Gasteiger partial charge in [0, 0.05) is 6.54 Å². The summed E-state index contributed by atoms with van der Waals surface area (Å²) in [5.41, 5.74) is 6.91. The molecular formula is C7H13F3N2O2. The summed E-state index contributed by atoms with van der Waals surface area (Å²) in [6, 6.07) is 0. The van der Waals surface area contributed by atoms with Crippen LogP contribution in [-0.4, -0.2) is 25.2 Å².